The van der Waals surface area contributed by atoms with E-state index in [0.717, 1.165) is 4.90 Å². The molecule has 1 heterocycles. The Kier molecular flexibility index (Phi) is 3.76. The molecule has 1 aliphatic rings. The number of ether oxygens (including phenoxy) is 1. The lowest BCUT2D eigenvalue weighted by Gasteiger charge is -2.19. The van der Waals surface area contributed by atoms with Crippen LogP contribution in [0.1, 0.15) is 11.6 Å². The minimum absolute atomic E-state index is 0.448. The zero-order chi connectivity index (χ0) is 15.5. The first-order valence-corrected chi connectivity index (χ1v) is 6.74. The number of benzene rings is 2. The van der Waals surface area contributed by atoms with E-state index in [-0.39, 0.29) is 0 Å². The summed E-state index contributed by atoms with van der Waals surface area (Å²) in [6.45, 7) is -0.523. The van der Waals surface area contributed by atoms with Gasteiger partial charge in [0, 0.05) is 0 Å². The molecular weight excluding hydrogens is 284 g/mol. The highest BCUT2D eigenvalue weighted by Gasteiger charge is 2.38. The number of imide groups is 1. The molecule has 0 aliphatic carbocycles. The van der Waals surface area contributed by atoms with Crippen LogP contribution < -0.4 is 10.1 Å². The second-order valence-electron chi connectivity index (χ2n) is 4.79. The molecule has 0 bridgehead atoms. The SMILES string of the molecule is O=C1NC(=O)N(CO)C1c1ccc(Oc2ccccc2)cc1. The minimum atomic E-state index is -0.816. The molecular formula is C16H14N2O4. The Morgan fingerprint density at radius 3 is 2.27 bits per heavy atom. The molecule has 1 unspecified atom stereocenters. The highest BCUT2D eigenvalue weighted by Crippen LogP contribution is 2.28. The number of nitrogens with zero attached hydrogens (tertiary/aromatic N) is 1. The van der Waals surface area contributed by atoms with Gasteiger partial charge in [-0.15, -0.1) is 0 Å². The number of hydrogen-bond donors (Lipinski definition) is 2. The van der Waals surface area contributed by atoms with Crippen molar-refractivity contribution in [2.75, 3.05) is 6.73 Å². The van der Waals surface area contributed by atoms with Gasteiger partial charge in [0.25, 0.3) is 5.91 Å². The third kappa shape index (κ3) is 2.64. The maximum atomic E-state index is 11.8. The van der Waals surface area contributed by atoms with Crippen molar-refractivity contribution in [1.29, 1.82) is 0 Å². The zero-order valence-electron chi connectivity index (χ0n) is 11.6. The van der Waals surface area contributed by atoms with Crippen LogP contribution in [0.2, 0.25) is 0 Å². The van der Waals surface area contributed by atoms with Crippen LogP contribution in [-0.2, 0) is 4.79 Å². The molecule has 0 spiro atoms. The molecule has 1 atom stereocenters. The predicted octanol–water partition coefficient (Wildman–Crippen LogP) is 2.02. The topological polar surface area (TPSA) is 78.9 Å². The number of carbonyl (C=O) groups is 2. The maximum Gasteiger partial charge on any atom is 0.326 e. The molecule has 1 aliphatic heterocycles. The van der Waals surface area contributed by atoms with Gasteiger partial charge in [0.15, 0.2) is 0 Å². The third-order valence-corrected chi connectivity index (χ3v) is 3.38. The van der Waals surface area contributed by atoms with Crippen molar-refractivity contribution in [2.24, 2.45) is 0 Å². The summed E-state index contributed by atoms with van der Waals surface area (Å²) in [5, 5.41) is 11.4. The van der Waals surface area contributed by atoms with Gasteiger partial charge in [0.05, 0.1) is 0 Å². The fourth-order valence-electron chi connectivity index (χ4n) is 2.32. The number of hydrogen-bond acceptors (Lipinski definition) is 4. The quantitative estimate of drug-likeness (QED) is 0.846. The number of aliphatic hydroxyl groups excluding tert-OH is 1. The van der Waals surface area contributed by atoms with Crippen molar-refractivity contribution in [3.63, 3.8) is 0 Å². The van der Waals surface area contributed by atoms with E-state index in [0.29, 0.717) is 17.1 Å². The maximum absolute atomic E-state index is 11.8. The molecule has 2 N–H and O–H groups in total. The van der Waals surface area contributed by atoms with Crippen molar-refractivity contribution in [2.45, 2.75) is 6.04 Å². The minimum Gasteiger partial charge on any atom is -0.457 e. The Hall–Kier alpha value is -2.86. The average Bonchev–Trinajstić information content (AvgIpc) is 2.83. The van der Waals surface area contributed by atoms with Crippen LogP contribution in [0.15, 0.2) is 54.6 Å². The number of urea groups is 1. The van der Waals surface area contributed by atoms with Crippen molar-refractivity contribution in [1.82, 2.24) is 10.2 Å². The van der Waals surface area contributed by atoms with E-state index in [1.54, 1.807) is 24.3 Å². The van der Waals surface area contributed by atoms with Crippen molar-refractivity contribution in [3.8, 4) is 11.5 Å². The van der Waals surface area contributed by atoms with Crippen molar-refractivity contribution < 1.29 is 19.4 Å². The Labute approximate surface area is 126 Å². The van der Waals surface area contributed by atoms with E-state index in [2.05, 4.69) is 5.32 Å². The van der Waals surface area contributed by atoms with Crippen LogP contribution in [0.25, 0.3) is 0 Å². The summed E-state index contributed by atoms with van der Waals surface area (Å²) in [6.07, 6.45) is 0. The van der Waals surface area contributed by atoms with Crippen LogP contribution in [-0.4, -0.2) is 28.7 Å². The zero-order valence-corrected chi connectivity index (χ0v) is 11.6. The fraction of sp³-hybridized carbons (Fsp3) is 0.125. The highest BCUT2D eigenvalue weighted by molar-refractivity contribution is 6.04. The second kappa shape index (κ2) is 5.87. The first-order valence-electron chi connectivity index (χ1n) is 6.74. The molecule has 22 heavy (non-hydrogen) atoms. The Bertz CT molecular complexity index is 685. The fourth-order valence-corrected chi connectivity index (χ4v) is 2.32. The summed E-state index contributed by atoms with van der Waals surface area (Å²) in [5.74, 6) is 0.882. The molecule has 6 heteroatoms. The Balaban J connectivity index is 1.79. The van der Waals surface area contributed by atoms with E-state index in [9.17, 15) is 14.7 Å². The molecule has 2 aromatic carbocycles. The number of amides is 3. The largest absolute Gasteiger partial charge is 0.457 e. The molecule has 1 fully saturated rings. The number of aliphatic hydroxyl groups is 1. The smallest absolute Gasteiger partial charge is 0.326 e. The van der Waals surface area contributed by atoms with E-state index < -0.39 is 24.7 Å². The Morgan fingerprint density at radius 1 is 1.00 bits per heavy atom. The van der Waals surface area contributed by atoms with Gasteiger partial charge in [-0.2, -0.15) is 0 Å². The summed E-state index contributed by atoms with van der Waals surface area (Å²) in [5.41, 5.74) is 0.609. The number of carbonyl (C=O) groups excluding carboxylic acids is 2. The van der Waals surface area contributed by atoms with Gasteiger partial charge in [-0.3, -0.25) is 15.0 Å². The predicted molar refractivity (Wildman–Crippen MR) is 78.2 cm³/mol. The van der Waals surface area contributed by atoms with Crippen LogP contribution in [0.5, 0.6) is 11.5 Å². The first kappa shape index (κ1) is 14.1. The van der Waals surface area contributed by atoms with Gasteiger partial charge in [-0.05, 0) is 29.8 Å². The van der Waals surface area contributed by atoms with E-state index in [4.69, 9.17) is 4.74 Å². The van der Waals surface area contributed by atoms with E-state index in [1.165, 1.54) is 0 Å². The second-order valence-corrected chi connectivity index (χ2v) is 4.79. The lowest BCUT2D eigenvalue weighted by molar-refractivity contribution is -0.122. The molecule has 0 saturated carbocycles. The van der Waals surface area contributed by atoms with Gasteiger partial charge in [0.1, 0.15) is 24.3 Å². The van der Waals surface area contributed by atoms with Gasteiger partial charge in [0.2, 0.25) is 0 Å². The average molecular weight is 298 g/mol. The van der Waals surface area contributed by atoms with Gasteiger partial charge >= 0.3 is 6.03 Å². The van der Waals surface area contributed by atoms with Crippen molar-refractivity contribution >= 4 is 11.9 Å². The summed E-state index contributed by atoms with van der Waals surface area (Å²) >= 11 is 0. The van der Waals surface area contributed by atoms with Crippen LogP contribution in [0, 0.1) is 0 Å². The molecule has 0 radical (unpaired) electrons. The van der Waals surface area contributed by atoms with Crippen LogP contribution in [0.3, 0.4) is 0 Å². The van der Waals surface area contributed by atoms with Gasteiger partial charge in [-0.1, -0.05) is 30.3 Å². The van der Waals surface area contributed by atoms with Gasteiger partial charge < -0.3 is 9.84 Å². The highest BCUT2D eigenvalue weighted by atomic mass is 16.5. The summed E-state index contributed by atoms with van der Waals surface area (Å²) in [7, 11) is 0. The Morgan fingerprint density at radius 2 is 1.64 bits per heavy atom. The molecule has 3 amide bonds. The summed E-state index contributed by atoms with van der Waals surface area (Å²) in [6, 6.07) is 14.7. The molecule has 1 saturated heterocycles. The summed E-state index contributed by atoms with van der Waals surface area (Å²) in [4.78, 5) is 24.4. The molecule has 3 rings (SSSR count). The monoisotopic (exact) mass is 298 g/mol. The van der Waals surface area contributed by atoms with Crippen LogP contribution >= 0.6 is 0 Å². The summed E-state index contributed by atoms with van der Waals surface area (Å²) < 4.78 is 5.67. The number of nitrogens with one attached hydrogen (secondary N) is 1. The third-order valence-electron chi connectivity index (χ3n) is 3.38. The number of rotatable bonds is 4. The lowest BCUT2D eigenvalue weighted by Crippen LogP contribution is -2.30. The van der Waals surface area contributed by atoms with Crippen molar-refractivity contribution in [3.05, 3.63) is 60.2 Å². The molecule has 0 aromatic heterocycles. The molecule has 112 valence electrons. The molecule has 6 nitrogen and oxygen atoms in total. The molecule has 2 aromatic rings. The van der Waals surface area contributed by atoms with Crippen LogP contribution in [0.4, 0.5) is 4.79 Å². The standard InChI is InChI=1S/C16H14N2O4/c19-10-18-14(15(20)17-16(18)21)11-6-8-13(9-7-11)22-12-4-2-1-3-5-12/h1-9,14,19H,10H2,(H,17,20,21). The van der Waals surface area contributed by atoms with E-state index in [1.807, 2.05) is 30.3 Å². The van der Waals surface area contributed by atoms with E-state index >= 15 is 0 Å². The first-order chi connectivity index (χ1) is 10.7. The normalized spacial score (nSPS) is 17.5. The number of para-hydroxylation sites is 1. The van der Waals surface area contributed by atoms with Gasteiger partial charge in [-0.25, -0.2) is 4.79 Å². The lowest BCUT2D eigenvalue weighted by atomic mass is 10.1.